The van der Waals surface area contributed by atoms with Crippen molar-refractivity contribution in [2.75, 3.05) is 44.7 Å². The van der Waals surface area contributed by atoms with Crippen LogP contribution in [0.25, 0.3) is 10.8 Å². The van der Waals surface area contributed by atoms with E-state index < -0.39 is 0 Å². The molecule has 1 aliphatic rings. The first-order valence-electron chi connectivity index (χ1n) is 9.77. The number of pyridine rings is 1. The summed E-state index contributed by atoms with van der Waals surface area (Å²) in [7, 11) is 1.68. The van der Waals surface area contributed by atoms with Gasteiger partial charge in [0.15, 0.2) is 0 Å². The van der Waals surface area contributed by atoms with Gasteiger partial charge >= 0.3 is 0 Å². The highest BCUT2D eigenvalue weighted by Crippen LogP contribution is 2.33. The monoisotopic (exact) mass is 392 g/mol. The topological polar surface area (TPSA) is 71.7 Å². The SMILES string of the molecule is COc1ccc(CCN2CCN(c3ccc([N+](=O)[O-])c4cnccc34)CC2)cc1. The molecule has 3 aromatic rings. The molecule has 0 spiro atoms. The van der Waals surface area contributed by atoms with Gasteiger partial charge in [-0.1, -0.05) is 12.1 Å². The van der Waals surface area contributed by atoms with Gasteiger partial charge in [0.05, 0.1) is 17.4 Å². The van der Waals surface area contributed by atoms with Gasteiger partial charge in [0.2, 0.25) is 0 Å². The number of hydrogen-bond acceptors (Lipinski definition) is 6. The van der Waals surface area contributed by atoms with Gasteiger partial charge in [-0.3, -0.25) is 20.0 Å². The quantitative estimate of drug-likeness (QED) is 0.472. The van der Waals surface area contributed by atoms with Gasteiger partial charge in [0.1, 0.15) is 5.75 Å². The number of anilines is 1. The van der Waals surface area contributed by atoms with E-state index >= 15 is 0 Å². The number of fused-ring (bicyclic) bond motifs is 1. The fourth-order valence-electron chi connectivity index (χ4n) is 3.89. The number of nitrogens with zero attached hydrogens (tertiary/aromatic N) is 4. The number of aromatic nitrogens is 1. The summed E-state index contributed by atoms with van der Waals surface area (Å²) in [4.78, 5) is 19.8. The highest BCUT2D eigenvalue weighted by Gasteiger charge is 2.21. The minimum atomic E-state index is -0.342. The first-order valence-corrected chi connectivity index (χ1v) is 9.77. The molecule has 0 saturated carbocycles. The van der Waals surface area contributed by atoms with Crippen molar-refractivity contribution < 1.29 is 9.66 Å². The predicted molar refractivity (Wildman–Crippen MR) is 114 cm³/mol. The predicted octanol–water partition coefficient (Wildman–Crippen LogP) is 3.52. The summed E-state index contributed by atoms with van der Waals surface area (Å²) >= 11 is 0. The Hall–Kier alpha value is -3.19. The van der Waals surface area contributed by atoms with Crippen LogP contribution >= 0.6 is 0 Å². The highest BCUT2D eigenvalue weighted by molar-refractivity contribution is 5.99. The molecule has 1 fully saturated rings. The van der Waals surface area contributed by atoms with Crippen molar-refractivity contribution in [1.29, 1.82) is 0 Å². The molecule has 1 saturated heterocycles. The second-order valence-corrected chi connectivity index (χ2v) is 7.21. The zero-order chi connectivity index (χ0) is 20.2. The molecule has 7 nitrogen and oxygen atoms in total. The Labute approximate surface area is 169 Å². The number of piperazine rings is 1. The smallest absolute Gasteiger partial charge is 0.278 e. The number of methoxy groups -OCH3 is 1. The summed E-state index contributed by atoms with van der Waals surface area (Å²) in [6.07, 6.45) is 4.29. The van der Waals surface area contributed by atoms with Gasteiger partial charge in [-0.25, -0.2) is 0 Å². The van der Waals surface area contributed by atoms with Crippen LogP contribution < -0.4 is 9.64 Å². The Balaban J connectivity index is 1.40. The van der Waals surface area contributed by atoms with Crippen molar-refractivity contribution in [3.63, 3.8) is 0 Å². The zero-order valence-corrected chi connectivity index (χ0v) is 16.5. The third-order valence-electron chi connectivity index (χ3n) is 5.56. The maximum atomic E-state index is 11.3. The molecule has 1 aromatic heterocycles. The molecule has 0 atom stereocenters. The van der Waals surface area contributed by atoms with E-state index in [0.717, 1.165) is 56.0 Å². The number of non-ortho nitro benzene ring substituents is 1. The molecule has 7 heteroatoms. The molecule has 150 valence electrons. The minimum Gasteiger partial charge on any atom is -0.497 e. The Bertz CT molecular complexity index is 999. The van der Waals surface area contributed by atoms with Crippen LogP contribution in [0.2, 0.25) is 0 Å². The van der Waals surface area contributed by atoms with Crippen LogP contribution in [0.4, 0.5) is 11.4 Å². The van der Waals surface area contributed by atoms with Crippen molar-refractivity contribution in [2.24, 2.45) is 0 Å². The van der Waals surface area contributed by atoms with Crippen LogP contribution in [0.1, 0.15) is 5.56 Å². The van der Waals surface area contributed by atoms with E-state index in [1.165, 1.54) is 5.56 Å². The molecule has 29 heavy (non-hydrogen) atoms. The van der Waals surface area contributed by atoms with Crippen molar-refractivity contribution in [2.45, 2.75) is 6.42 Å². The summed E-state index contributed by atoms with van der Waals surface area (Å²) in [6.45, 7) is 4.76. The first-order chi connectivity index (χ1) is 14.2. The number of nitro benzene ring substituents is 1. The molecular weight excluding hydrogens is 368 g/mol. The molecule has 2 aromatic carbocycles. The van der Waals surface area contributed by atoms with E-state index in [2.05, 4.69) is 26.9 Å². The molecule has 0 aliphatic carbocycles. The molecule has 4 rings (SSSR count). The van der Waals surface area contributed by atoms with E-state index in [1.807, 2.05) is 24.3 Å². The first kappa shape index (κ1) is 19.1. The lowest BCUT2D eigenvalue weighted by Gasteiger charge is -2.36. The van der Waals surface area contributed by atoms with E-state index in [9.17, 15) is 10.1 Å². The van der Waals surface area contributed by atoms with Crippen LogP contribution in [0.5, 0.6) is 5.75 Å². The van der Waals surface area contributed by atoms with Crippen molar-refractivity contribution in [1.82, 2.24) is 9.88 Å². The Morgan fingerprint density at radius 1 is 1.03 bits per heavy atom. The third-order valence-corrected chi connectivity index (χ3v) is 5.56. The maximum Gasteiger partial charge on any atom is 0.278 e. The lowest BCUT2D eigenvalue weighted by Crippen LogP contribution is -2.47. The van der Waals surface area contributed by atoms with Crippen LogP contribution in [0, 0.1) is 10.1 Å². The number of nitro groups is 1. The molecule has 2 heterocycles. The van der Waals surface area contributed by atoms with Crippen LogP contribution in [-0.2, 0) is 6.42 Å². The third kappa shape index (κ3) is 4.14. The van der Waals surface area contributed by atoms with E-state index in [0.29, 0.717) is 5.39 Å². The summed E-state index contributed by atoms with van der Waals surface area (Å²) in [5, 5.41) is 12.8. The molecular formula is C22H24N4O3. The van der Waals surface area contributed by atoms with Crippen molar-refractivity contribution in [3.05, 3.63) is 70.5 Å². The van der Waals surface area contributed by atoms with E-state index in [4.69, 9.17) is 4.74 Å². The zero-order valence-electron chi connectivity index (χ0n) is 16.5. The molecule has 0 amide bonds. The van der Waals surface area contributed by atoms with Crippen molar-refractivity contribution in [3.8, 4) is 5.75 Å². The highest BCUT2D eigenvalue weighted by atomic mass is 16.6. The number of ether oxygens (including phenoxy) is 1. The number of benzene rings is 2. The van der Waals surface area contributed by atoms with E-state index in [1.54, 1.807) is 25.6 Å². The standard InChI is InChI=1S/C22H24N4O3/c1-29-18-4-2-17(3-5-18)9-11-24-12-14-25(15-13-24)21-6-7-22(26(27)28)20-16-23-10-8-19(20)21/h2-8,10,16H,9,11-15H2,1H3. The summed E-state index contributed by atoms with van der Waals surface area (Å²) < 4.78 is 5.21. The van der Waals surface area contributed by atoms with Gasteiger partial charge in [-0.2, -0.15) is 0 Å². The number of hydrogen-bond donors (Lipinski definition) is 0. The number of rotatable bonds is 6. The van der Waals surface area contributed by atoms with Gasteiger partial charge in [-0.05, 0) is 36.2 Å². The van der Waals surface area contributed by atoms with Crippen molar-refractivity contribution >= 4 is 22.1 Å². The minimum absolute atomic E-state index is 0.106. The normalized spacial score (nSPS) is 14.9. The van der Waals surface area contributed by atoms with Crippen LogP contribution in [0.15, 0.2) is 54.9 Å². The summed E-state index contributed by atoms with van der Waals surface area (Å²) in [6, 6.07) is 13.6. The van der Waals surface area contributed by atoms with Gasteiger partial charge in [0.25, 0.3) is 5.69 Å². The lowest BCUT2D eigenvalue weighted by atomic mass is 10.1. The fourth-order valence-corrected chi connectivity index (χ4v) is 3.89. The maximum absolute atomic E-state index is 11.3. The average molecular weight is 392 g/mol. The second kappa shape index (κ2) is 8.45. The average Bonchev–Trinajstić information content (AvgIpc) is 2.77. The largest absolute Gasteiger partial charge is 0.497 e. The summed E-state index contributed by atoms with van der Waals surface area (Å²) in [5.74, 6) is 0.882. The molecule has 0 bridgehead atoms. The Morgan fingerprint density at radius 3 is 2.48 bits per heavy atom. The fraction of sp³-hybridized carbons (Fsp3) is 0.318. The molecule has 0 radical (unpaired) electrons. The van der Waals surface area contributed by atoms with Gasteiger partial charge in [0, 0.05) is 62.3 Å². The van der Waals surface area contributed by atoms with E-state index in [-0.39, 0.29) is 10.6 Å². The molecule has 0 N–H and O–H groups in total. The van der Waals surface area contributed by atoms with Gasteiger partial charge < -0.3 is 9.64 Å². The lowest BCUT2D eigenvalue weighted by molar-refractivity contribution is -0.383. The second-order valence-electron chi connectivity index (χ2n) is 7.21. The molecule has 1 aliphatic heterocycles. The molecule has 0 unspecified atom stereocenters. The summed E-state index contributed by atoms with van der Waals surface area (Å²) in [5.41, 5.74) is 2.46. The van der Waals surface area contributed by atoms with Gasteiger partial charge in [-0.15, -0.1) is 0 Å². The Kier molecular flexibility index (Phi) is 5.57. The Morgan fingerprint density at radius 2 is 1.79 bits per heavy atom. The van der Waals surface area contributed by atoms with Crippen LogP contribution in [-0.4, -0.2) is 54.6 Å². The van der Waals surface area contributed by atoms with Crippen LogP contribution in [0.3, 0.4) is 0 Å².